The van der Waals surface area contributed by atoms with Crippen LogP contribution in [0.3, 0.4) is 0 Å². The van der Waals surface area contributed by atoms with E-state index >= 15 is 0 Å². The molecule has 0 saturated heterocycles. The van der Waals surface area contributed by atoms with Crippen molar-refractivity contribution >= 4 is 22.8 Å². The predicted octanol–water partition coefficient (Wildman–Crippen LogP) is 2.55. The van der Waals surface area contributed by atoms with Crippen LogP contribution in [-0.2, 0) is 0 Å². The number of anilines is 1. The molecule has 2 aromatic heterocycles. The number of nitrogens with two attached hydrogens (primary N) is 1. The lowest BCUT2D eigenvalue weighted by molar-refractivity contribution is 0.0718. The Bertz CT molecular complexity index is 1180. The number of hydrogen-bond acceptors (Lipinski definition) is 5. The van der Waals surface area contributed by atoms with Crippen molar-refractivity contribution < 1.29 is 9.53 Å². The van der Waals surface area contributed by atoms with Gasteiger partial charge in [-0.25, -0.2) is 0 Å². The molecule has 0 spiro atoms. The first-order valence-electron chi connectivity index (χ1n) is 9.04. The third-order valence-corrected chi connectivity index (χ3v) is 5.49. The highest BCUT2D eigenvalue weighted by molar-refractivity contribution is 6.09. The van der Waals surface area contributed by atoms with Gasteiger partial charge < -0.3 is 15.4 Å². The fraction of sp³-hybridized carbons (Fsp3) is 0.350. The summed E-state index contributed by atoms with van der Waals surface area (Å²) in [6, 6.07) is 6.02. The van der Waals surface area contributed by atoms with Gasteiger partial charge in [-0.05, 0) is 32.4 Å². The molecule has 0 fully saturated rings. The second kappa shape index (κ2) is 6.02. The zero-order valence-corrected chi connectivity index (χ0v) is 16.6. The van der Waals surface area contributed by atoms with Crippen LogP contribution in [0.15, 0.2) is 12.1 Å². The summed E-state index contributed by atoms with van der Waals surface area (Å²) < 4.78 is 8.96. The number of aromatic nitrogens is 3. The molecule has 0 radical (unpaired) electrons. The van der Waals surface area contributed by atoms with E-state index in [1.807, 2.05) is 32.9 Å². The number of hydrogen-bond donors (Lipinski definition) is 1. The quantitative estimate of drug-likeness (QED) is 0.738. The van der Waals surface area contributed by atoms with E-state index in [-0.39, 0.29) is 23.3 Å². The number of methoxy groups -OCH3 is 1. The van der Waals surface area contributed by atoms with Gasteiger partial charge in [-0.15, -0.1) is 0 Å². The van der Waals surface area contributed by atoms with Crippen LogP contribution in [0, 0.1) is 25.2 Å². The van der Waals surface area contributed by atoms with Gasteiger partial charge in [0.1, 0.15) is 28.9 Å². The molecule has 28 heavy (non-hydrogen) atoms. The minimum Gasteiger partial charge on any atom is -0.496 e. The highest BCUT2D eigenvalue weighted by atomic mass is 16.5. The van der Waals surface area contributed by atoms with Crippen molar-refractivity contribution in [1.29, 1.82) is 5.26 Å². The van der Waals surface area contributed by atoms with Gasteiger partial charge in [0.25, 0.3) is 5.91 Å². The van der Waals surface area contributed by atoms with Gasteiger partial charge in [0.15, 0.2) is 5.65 Å². The van der Waals surface area contributed by atoms with Crippen molar-refractivity contribution in [3.05, 3.63) is 34.5 Å². The number of ether oxygens (including phenoxy) is 1. The van der Waals surface area contributed by atoms with E-state index in [1.54, 1.807) is 28.3 Å². The molecule has 8 heteroatoms. The molecule has 8 nitrogen and oxygen atoms in total. The number of benzene rings is 1. The Morgan fingerprint density at radius 2 is 2.07 bits per heavy atom. The molecule has 1 atom stereocenters. The van der Waals surface area contributed by atoms with Crippen LogP contribution < -0.4 is 10.5 Å². The number of aryl methyl sites for hydroxylation is 1. The minimum atomic E-state index is -0.159. The summed E-state index contributed by atoms with van der Waals surface area (Å²) in [7, 11) is 3.37. The molecule has 1 aliphatic rings. The maximum absolute atomic E-state index is 12.9. The Morgan fingerprint density at radius 3 is 2.71 bits per heavy atom. The third kappa shape index (κ3) is 2.16. The predicted molar refractivity (Wildman–Crippen MR) is 106 cm³/mol. The molecule has 0 saturated carbocycles. The number of fused-ring (bicyclic) bond motifs is 3. The summed E-state index contributed by atoms with van der Waals surface area (Å²) in [5.41, 5.74) is 10.3. The van der Waals surface area contributed by atoms with Crippen molar-refractivity contribution in [2.75, 3.05) is 26.4 Å². The summed E-state index contributed by atoms with van der Waals surface area (Å²) in [5.74, 6) is 0.832. The van der Waals surface area contributed by atoms with E-state index in [2.05, 4.69) is 6.07 Å². The average Bonchev–Trinajstić information content (AvgIpc) is 3.15. The number of nitriles is 1. The van der Waals surface area contributed by atoms with Crippen LogP contribution in [-0.4, -0.2) is 45.9 Å². The number of rotatable bonds is 2. The fourth-order valence-electron chi connectivity index (χ4n) is 4.15. The van der Waals surface area contributed by atoms with E-state index < -0.39 is 0 Å². The molecule has 1 aromatic carbocycles. The van der Waals surface area contributed by atoms with E-state index in [0.717, 1.165) is 16.8 Å². The van der Waals surface area contributed by atoms with Crippen molar-refractivity contribution in [3.63, 3.8) is 0 Å². The Labute approximate surface area is 162 Å². The SMILES string of the molecule is COc1ccc(C)c(-n2c(N)c(C#N)c3c4n(nc32)C(C)CN(C)C4=O)c1C. The number of carbonyl (C=O) groups excluding carboxylic acids is 1. The van der Waals surface area contributed by atoms with Crippen LogP contribution in [0.25, 0.3) is 16.7 Å². The molecule has 3 aromatic rings. The van der Waals surface area contributed by atoms with Gasteiger partial charge in [0, 0.05) is 19.2 Å². The normalized spacial score (nSPS) is 16.4. The maximum atomic E-state index is 12.9. The number of likely N-dealkylation sites (N-methyl/N-ethyl adjacent to an activating group) is 1. The van der Waals surface area contributed by atoms with Gasteiger partial charge in [0.05, 0.1) is 24.2 Å². The van der Waals surface area contributed by atoms with Crippen LogP contribution in [0.4, 0.5) is 5.82 Å². The first-order valence-corrected chi connectivity index (χ1v) is 9.04. The maximum Gasteiger partial charge on any atom is 0.272 e. The smallest absolute Gasteiger partial charge is 0.272 e. The van der Waals surface area contributed by atoms with Crippen LogP contribution in [0.1, 0.15) is 40.1 Å². The summed E-state index contributed by atoms with van der Waals surface area (Å²) in [6.07, 6.45) is 0. The summed E-state index contributed by atoms with van der Waals surface area (Å²) in [5, 5.41) is 15.1. The zero-order chi connectivity index (χ0) is 20.3. The highest BCUT2D eigenvalue weighted by Gasteiger charge is 2.35. The van der Waals surface area contributed by atoms with E-state index in [1.165, 1.54) is 0 Å². The van der Waals surface area contributed by atoms with E-state index in [9.17, 15) is 10.1 Å². The minimum absolute atomic E-state index is 0.00109. The Morgan fingerprint density at radius 1 is 1.36 bits per heavy atom. The zero-order valence-electron chi connectivity index (χ0n) is 16.6. The molecule has 1 amide bonds. The third-order valence-electron chi connectivity index (χ3n) is 5.49. The number of amides is 1. The summed E-state index contributed by atoms with van der Waals surface area (Å²) >= 11 is 0. The van der Waals surface area contributed by atoms with Gasteiger partial charge >= 0.3 is 0 Å². The number of carbonyl (C=O) groups is 1. The molecule has 4 rings (SSSR count). The lowest BCUT2D eigenvalue weighted by Gasteiger charge is -2.28. The van der Waals surface area contributed by atoms with Crippen LogP contribution in [0.2, 0.25) is 0 Å². The molecule has 3 heterocycles. The topological polar surface area (TPSA) is 102 Å². The van der Waals surface area contributed by atoms with Crippen molar-refractivity contribution in [1.82, 2.24) is 19.2 Å². The van der Waals surface area contributed by atoms with Gasteiger partial charge in [-0.3, -0.25) is 14.0 Å². The number of nitrogens with zero attached hydrogens (tertiary/aromatic N) is 5. The average molecular weight is 378 g/mol. The van der Waals surface area contributed by atoms with Gasteiger partial charge in [-0.1, -0.05) is 6.07 Å². The lowest BCUT2D eigenvalue weighted by Crippen LogP contribution is -2.39. The molecular weight excluding hydrogens is 356 g/mol. The molecular formula is C20H22N6O2. The van der Waals surface area contributed by atoms with Crippen LogP contribution >= 0.6 is 0 Å². The summed E-state index contributed by atoms with van der Waals surface area (Å²) in [4.78, 5) is 14.5. The van der Waals surface area contributed by atoms with Crippen molar-refractivity contribution in [2.24, 2.45) is 0 Å². The van der Waals surface area contributed by atoms with Crippen molar-refractivity contribution in [3.8, 4) is 17.5 Å². The molecule has 2 N–H and O–H groups in total. The van der Waals surface area contributed by atoms with Crippen LogP contribution in [0.5, 0.6) is 5.75 Å². The Kier molecular flexibility index (Phi) is 3.85. The molecule has 0 bridgehead atoms. The Balaban J connectivity index is 2.16. The van der Waals surface area contributed by atoms with Gasteiger partial charge in [-0.2, -0.15) is 10.4 Å². The number of nitrogen functional groups attached to an aromatic ring is 1. The summed E-state index contributed by atoms with van der Waals surface area (Å²) in [6.45, 7) is 6.47. The largest absolute Gasteiger partial charge is 0.496 e. The Hall–Kier alpha value is -3.47. The van der Waals surface area contributed by atoms with E-state index in [4.69, 9.17) is 15.6 Å². The second-order valence-corrected chi connectivity index (χ2v) is 7.29. The first-order chi connectivity index (χ1) is 13.3. The molecule has 0 aliphatic carbocycles. The first kappa shape index (κ1) is 17.9. The highest BCUT2D eigenvalue weighted by Crippen LogP contribution is 2.39. The molecule has 1 unspecified atom stereocenters. The molecule has 1 aliphatic heterocycles. The van der Waals surface area contributed by atoms with Gasteiger partial charge in [0.2, 0.25) is 0 Å². The van der Waals surface area contributed by atoms with E-state index in [0.29, 0.717) is 29.0 Å². The fourth-order valence-corrected chi connectivity index (χ4v) is 4.15. The van der Waals surface area contributed by atoms with Crippen molar-refractivity contribution in [2.45, 2.75) is 26.8 Å². The standard InChI is InChI=1S/C20H22N6O2/c1-10-6-7-14(28-5)12(3)16(10)25-18(22)13(8-21)15-17-20(27)24(4)9-11(2)26(17)23-19(15)25/h6-7,11H,9,22H2,1-5H3. The molecule has 144 valence electrons. The lowest BCUT2D eigenvalue weighted by atomic mass is 10.1. The monoisotopic (exact) mass is 378 g/mol. The second-order valence-electron chi connectivity index (χ2n) is 7.29.